The number of anilines is 1. The molecule has 5 heterocycles. The van der Waals surface area contributed by atoms with Crippen LogP contribution in [0.3, 0.4) is 0 Å². The van der Waals surface area contributed by atoms with Crippen molar-refractivity contribution in [3.05, 3.63) is 23.5 Å². The van der Waals surface area contributed by atoms with E-state index in [1.807, 2.05) is 4.52 Å². The van der Waals surface area contributed by atoms with Crippen LogP contribution in [0.2, 0.25) is 0 Å². The van der Waals surface area contributed by atoms with E-state index in [4.69, 9.17) is 15.8 Å². The minimum absolute atomic E-state index is 0.0268. The number of aryl methyl sites for hydroxylation is 1. The summed E-state index contributed by atoms with van der Waals surface area (Å²) < 4.78 is 1.87. The minimum Gasteiger partial charge on any atom is -0.355 e. The average Bonchev–Trinajstić information content (AvgIpc) is 3.47. The van der Waals surface area contributed by atoms with Crippen LogP contribution in [0.25, 0.3) is 5.65 Å². The van der Waals surface area contributed by atoms with Gasteiger partial charge in [0.1, 0.15) is 5.82 Å². The minimum atomic E-state index is 0.0268. The van der Waals surface area contributed by atoms with Gasteiger partial charge in [0, 0.05) is 55.9 Å². The Balaban J connectivity index is 1.44. The highest BCUT2D eigenvalue weighted by molar-refractivity contribution is 8.00. The zero-order valence-corrected chi connectivity index (χ0v) is 17.7. The van der Waals surface area contributed by atoms with Crippen LogP contribution in [0.5, 0.6) is 0 Å². The summed E-state index contributed by atoms with van der Waals surface area (Å²) in [7, 11) is 0. The Labute approximate surface area is 175 Å². The van der Waals surface area contributed by atoms with Crippen molar-refractivity contribution in [3.8, 4) is 0 Å². The van der Waals surface area contributed by atoms with Crippen LogP contribution in [0.15, 0.2) is 12.3 Å². The molecule has 3 aliphatic heterocycles. The molecule has 2 aromatic rings. The van der Waals surface area contributed by atoms with Gasteiger partial charge in [0.2, 0.25) is 5.91 Å². The molecule has 29 heavy (non-hydrogen) atoms. The molecule has 0 radical (unpaired) electrons. The van der Waals surface area contributed by atoms with E-state index in [-0.39, 0.29) is 23.2 Å². The van der Waals surface area contributed by atoms with Gasteiger partial charge < -0.3 is 20.9 Å². The number of hydrogen-bond acceptors (Lipinski definition) is 7. The van der Waals surface area contributed by atoms with Gasteiger partial charge in [0.25, 0.3) is 0 Å². The highest BCUT2D eigenvalue weighted by atomic mass is 32.2. The van der Waals surface area contributed by atoms with Gasteiger partial charge in [-0.3, -0.25) is 4.79 Å². The Kier molecular flexibility index (Phi) is 5.13. The zero-order chi connectivity index (χ0) is 20.0. The van der Waals surface area contributed by atoms with Crippen LogP contribution in [0, 0.1) is 6.92 Å². The smallest absolute Gasteiger partial charge is 0.237 e. The second kappa shape index (κ2) is 7.77. The topological polar surface area (TPSA) is 91.8 Å². The van der Waals surface area contributed by atoms with Gasteiger partial charge in [-0.2, -0.15) is 5.10 Å². The van der Waals surface area contributed by atoms with Crippen molar-refractivity contribution in [1.29, 1.82) is 0 Å². The van der Waals surface area contributed by atoms with Crippen molar-refractivity contribution in [1.82, 2.24) is 24.8 Å². The molecule has 0 saturated carbocycles. The standard InChI is InChI=1S/C20H29N7OS/c1-13-10-27-18(23-19(13)25-7-5-14(21)11-25)8-15(24-27)16-4-2-3-6-26(16)20(28)17-9-22-12-29-17/h8,10,14,16-17,22H,2-7,9,11-12,21H2,1H3/t14-,16-,17?/m0/s1. The van der Waals surface area contributed by atoms with Crippen LogP contribution >= 0.6 is 11.8 Å². The van der Waals surface area contributed by atoms with Gasteiger partial charge in [-0.05, 0) is 32.6 Å². The number of nitrogens with zero attached hydrogens (tertiary/aromatic N) is 5. The van der Waals surface area contributed by atoms with Crippen LogP contribution < -0.4 is 16.0 Å². The molecule has 156 valence electrons. The molecule has 3 fully saturated rings. The lowest BCUT2D eigenvalue weighted by molar-refractivity contribution is -0.134. The van der Waals surface area contributed by atoms with Crippen LogP contribution in [0.1, 0.15) is 43.0 Å². The summed E-state index contributed by atoms with van der Waals surface area (Å²) in [6.45, 7) is 5.46. The Bertz CT molecular complexity index is 910. The number of likely N-dealkylation sites (tertiary alicyclic amines) is 1. The number of rotatable bonds is 3. The number of nitrogens with two attached hydrogens (primary N) is 1. The monoisotopic (exact) mass is 415 g/mol. The predicted molar refractivity (Wildman–Crippen MR) is 115 cm³/mol. The lowest BCUT2D eigenvalue weighted by Crippen LogP contribution is -2.44. The maximum atomic E-state index is 13.1. The van der Waals surface area contributed by atoms with Crippen LogP contribution in [-0.4, -0.2) is 68.8 Å². The largest absolute Gasteiger partial charge is 0.355 e. The molecule has 0 aromatic carbocycles. The lowest BCUT2D eigenvalue weighted by Gasteiger charge is -2.36. The zero-order valence-electron chi connectivity index (χ0n) is 16.9. The molecule has 0 aliphatic carbocycles. The molecule has 5 rings (SSSR count). The number of piperidine rings is 1. The van der Waals surface area contributed by atoms with Crippen molar-refractivity contribution in [3.63, 3.8) is 0 Å². The molecule has 9 heteroatoms. The fraction of sp³-hybridized carbons (Fsp3) is 0.650. The second-order valence-corrected chi connectivity index (χ2v) is 9.60. The van der Waals surface area contributed by atoms with E-state index < -0.39 is 0 Å². The van der Waals surface area contributed by atoms with E-state index in [0.29, 0.717) is 0 Å². The van der Waals surface area contributed by atoms with E-state index in [9.17, 15) is 4.79 Å². The average molecular weight is 416 g/mol. The first-order valence-corrected chi connectivity index (χ1v) is 11.7. The maximum Gasteiger partial charge on any atom is 0.237 e. The van der Waals surface area contributed by atoms with Gasteiger partial charge in [-0.1, -0.05) is 0 Å². The fourth-order valence-electron chi connectivity index (χ4n) is 4.74. The SMILES string of the molecule is Cc1cn2nc([C@@H]3CCCCN3C(=O)C3CNCS3)cc2nc1N1CC[C@H](N)C1. The van der Waals surface area contributed by atoms with E-state index in [1.165, 1.54) is 0 Å². The third-order valence-electron chi connectivity index (χ3n) is 6.27. The summed E-state index contributed by atoms with van der Waals surface area (Å²) in [4.78, 5) is 22.3. The molecule has 2 aromatic heterocycles. The predicted octanol–water partition coefficient (Wildman–Crippen LogP) is 1.29. The van der Waals surface area contributed by atoms with Gasteiger partial charge in [0.05, 0.1) is 17.0 Å². The van der Waals surface area contributed by atoms with Crippen molar-refractivity contribution >= 4 is 29.1 Å². The van der Waals surface area contributed by atoms with E-state index in [0.717, 1.165) is 80.5 Å². The second-order valence-electron chi connectivity index (χ2n) is 8.41. The van der Waals surface area contributed by atoms with Crippen molar-refractivity contribution in [2.24, 2.45) is 5.73 Å². The molecule has 1 amide bonds. The normalized spacial score (nSPS) is 27.9. The van der Waals surface area contributed by atoms with Crippen LogP contribution in [0.4, 0.5) is 5.82 Å². The summed E-state index contributed by atoms with van der Waals surface area (Å²) in [5.74, 6) is 2.11. The number of nitrogens with one attached hydrogen (secondary N) is 1. The molecule has 3 saturated heterocycles. The Morgan fingerprint density at radius 2 is 2.21 bits per heavy atom. The highest BCUT2D eigenvalue weighted by Crippen LogP contribution is 2.33. The fourth-order valence-corrected chi connectivity index (χ4v) is 5.69. The van der Waals surface area contributed by atoms with Gasteiger partial charge in [-0.25, -0.2) is 9.50 Å². The van der Waals surface area contributed by atoms with Crippen molar-refractivity contribution in [2.75, 3.05) is 37.0 Å². The Hall–Kier alpha value is -1.84. The molecule has 8 nitrogen and oxygen atoms in total. The van der Waals surface area contributed by atoms with Gasteiger partial charge >= 0.3 is 0 Å². The molecule has 0 spiro atoms. The number of thioether (sulfide) groups is 1. The Morgan fingerprint density at radius 3 is 2.97 bits per heavy atom. The molecular weight excluding hydrogens is 386 g/mol. The first-order valence-electron chi connectivity index (χ1n) is 10.6. The summed E-state index contributed by atoms with van der Waals surface area (Å²) in [6.07, 6.45) is 6.22. The van der Waals surface area contributed by atoms with E-state index in [1.54, 1.807) is 11.8 Å². The number of aromatic nitrogens is 3. The summed E-state index contributed by atoms with van der Waals surface area (Å²) in [5, 5.41) is 8.14. The molecule has 3 N–H and O–H groups in total. The number of fused-ring (bicyclic) bond motifs is 1. The lowest BCUT2D eigenvalue weighted by atomic mass is 9.99. The molecule has 1 unspecified atom stereocenters. The van der Waals surface area contributed by atoms with Gasteiger partial charge in [-0.15, -0.1) is 11.8 Å². The van der Waals surface area contributed by atoms with Gasteiger partial charge in [0.15, 0.2) is 5.65 Å². The summed E-state index contributed by atoms with van der Waals surface area (Å²) in [5.41, 5.74) is 8.99. The number of hydrogen-bond donors (Lipinski definition) is 2. The quantitative estimate of drug-likeness (QED) is 0.780. The van der Waals surface area contributed by atoms with Crippen LogP contribution in [-0.2, 0) is 4.79 Å². The number of carbonyl (C=O) groups is 1. The van der Waals surface area contributed by atoms with E-state index in [2.05, 4.69) is 34.3 Å². The first kappa shape index (κ1) is 19.1. The number of amides is 1. The molecular formula is C20H29N7OS. The first-order chi connectivity index (χ1) is 14.1. The third kappa shape index (κ3) is 3.60. The van der Waals surface area contributed by atoms with E-state index >= 15 is 0 Å². The number of carbonyl (C=O) groups excluding carboxylic acids is 1. The Morgan fingerprint density at radius 1 is 1.31 bits per heavy atom. The molecule has 3 aliphatic rings. The van der Waals surface area contributed by atoms with Crippen molar-refractivity contribution < 1.29 is 4.79 Å². The summed E-state index contributed by atoms with van der Waals surface area (Å²) >= 11 is 1.71. The van der Waals surface area contributed by atoms with Crippen molar-refractivity contribution in [2.45, 2.75) is 49.9 Å². The summed E-state index contributed by atoms with van der Waals surface area (Å²) in [6, 6.07) is 2.33. The molecule has 3 atom stereocenters. The molecule has 0 bridgehead atoms. The third-order valence-corrected chi connectivity index (χ3v) is 7.41. The maximum absolute atomic E-state index is 13.1. The highest BCUT2D eigenvalue weighted by Gasteiger charge is 2.35.